The molecule has 0 radical (unpaired) electrons. The Kier molecular flexibility index (Phi) is 5.66. The molecule has 1 aliphatic heterocycles. The highest BCUT2D eigenvalue weighted by Crippen LogP contribution is 2.23. The molecule has 0 aliphatic carbocycles. The van der Waals surface area contributed by atoms with Gasteiger partial charge >= 0.3 is 6.03 Å². The number of carbonyl (C=O) groups is 1. The summed E-state index contributed by atoms with van der Waals surface area (Å²) in [7, 11) is 1.53. The van der Waals surface area contributed by atoms with E-state index in [-0.39, 0.29) is 12.1 Å². The Bertz CT molecular complexity index is 696. The van der Waals surface area contributed by atoms with Crippen molar-refractivity contribution in [2.75, 3.05) is 26.7 Å². The first-order chi connectivity index (χ1) is 12.3. The first kappa shape index (κ1) is 17.0. The molecule has 0 bridgehead atoms. The first-order valence-corrected chi connectivity index (χ1v) is 8.34. The van der Waals surface area contributed by atoms with Crippen LogP contribution < -0.4 is 14.8 Å². The molecule has 1 aliphatic rings. The molecule has 2 amide bonds. The van der Waals surface area contributed by atoms with E-state index in [1.165, 1.54) is 12.7 Å². The molecule has 7 heteroatoms. The van der Waals surface area contributed by atoms with Gasteiger partial charge in [-0.2, -0.15) is 0 Å². The van der Waals surface area contributed by atoms with Gasteiger partial charge in [0.15, 0.2) is 0 Å². The van der Waals surface area contributed by atoms with Crippen molar-refractivity contribution >= 4 is 6.03 Å². The average Bonchev–Trinajstić information content (AvgIpc) is 3.12. The molecule has 7 nitrogen and oxygen atoms in total. The van der Waals surface area contributed by atoms with Gasteiger partial charge in [0, 0.05) is 31.9 Å². The highest BCUT2D eigenvalue weighted by molar-refractivity contribution is 5.74. The molecule has 132 valence electrons. The standard InChI is InChI=1S/C18H22N4O3/c1-24-16-17(20-11-10-19-16)25-15-8-12-22(13-15)18(23)21-9-7-14-5-3-2-4-6-14/h2-6,10-11,15H,7-9,12-13H2,1H3,(H,21,23)/t15-/m1/s1. The number of urea groups is 1. The van der Waals surface area contributed by atoms with Gasteiger partial charge in [0.25, 0.3) is 11.8 Å². The summed E-state index contributed by atoms with van der Waals surface area (Å²) in [6.45, 7) is 1.80. The van der Waals surface area contributed by atoms with Crippen LogP contribution >= 0.6 is 0 Å². The minimum absolute atomic E-state index is 0.0619. The van der Waals surface area contributed by atoms with Gasteiger partial charge in [-0.25, -0.2) is 14.8 Å². The van der Waals surface area contributed by atoms with Crippen LogP contribution in [-0.4, -0.2) is 53.7 Å². The Balaban J connectivity index is 1.45. The number of hydrogen-bond acceptors (Lipinski definition) is 5. The number of nitrogens with zero attached hydrogens (tertiary/aromatic N) is 3. The van der Waals surface area contributed by atoms with E-state index in [4.69, 9.17) is 9.47 Å². The normalized spacial score (nSPS) is 16.5. The zero-order valence-electron chi connectivity index (χ0n) is 14.2. The van der Waals surface area contributed by atoms with Crippen LogP contribution in [0, 0.1) is 0 Å². The van der Waals surface area contributed by atoms with Crippen LogP contribution in [0.5, 0.6) is 11.8 Å². The Morgan fingerprint density at radius 3 is 2.76 bits per heavy atom. The van der Waals surface area contributed by atoms with Crippen molar-refractivity contribution in [3.8, 4) is 11.8 Å². The van der Waals surface area contributed by atoms with E-state index in [1.807, 2.05) is 18.2 Å². The Morgan fingerprint density at radius 1 is 1.24 bits per heavy atom. The van der Waals surface area contributed by atoms with E-state index in [1.54, 1.807) is 17.3 Å². The van der Waals surface area contributed by atoms with Crippen molar-refractivity contribution in [3.63, 3.8) is 0 Å². The number of likely N-dealkylation sites (tertiary alicyclic amines) is 1. The van der Waals surface area contributed by atoms with Gasteiger partial charge in [-0.05, 0) is 12.0 Å². The molecule has 0 unspecified atom stereocenters. The van der Waals surface area contributed by atoms with Gasteiger partial charge in [0.1, 0.15) is 6.10 Å². The minimum Gasteiger partial charge on any atom is -0.477 e. The molecule has 1 aromatic heterocycles. The van der Waals surface area contributed by atoms with E-state index in [0.717, 1.165) is 12.8 Å². The van der Waals surface area contributed by atoms with Crippen molar-refractivity contribution < 1.29 is 14.3 Å². The van der Waals surface area contributed by atoms with Gasteiger partial charge in [-0.15, -0.1) is 0 Å². The zero-order valence-corrected chi connectivity index (χ0v) is 14.2. The summed E-state index contributed by atoms with van der Waals surface area (Å²) < 4.78 is 11.0. The molecule has 1 saturated heterocycles. The zero-order chi connectivity index (χ0) is 17.5. The second-order valence-electron chi connectivity index (χ2n) is 5.81. The van der Waals surface area contributed by atoms with Crippen LogP contribution in [0.2, 0.25) is 0 Å². The highest BCUT2D eigenvalue weighted by atomic mass is 16.5. The van der Waals surface area contributed by atoms with Crippen LogP contribution in [0.4, 0.5) is 4.79 Å². The fourth-order valence-electron chi connectivity index (χ4n) is 2.77. The predicted octanol–water partition coefficient (Wildman–Crippen LogP) is 1.89. The molecule has 2 aromatic rings. The lowest BCUT2D eigenvalue weighted by molar-refractivity contribution is 0.177. The molecule has 2 heterocycles. The number of benzene rings is 1. The lowest BCUT2D eigenvalue weighted by Crippen LogP contribution is -2.40. The molecular weight excluding hydrogens is 320 g/mol. The average molecular weight is 342 g/mol. The summed E-state index contributed by atoms with van der Waals surface area (Å²) in [5.74, 6) is 0.717. The smallest absolute Gasteiger partial charge is 0.317 e. The number of methoxy groups -OCH3 is 1. The third-order valence-corrected chi connectivity index (χ3v) is 4.07. The Labute approximate surface area is 147 Å². The fraction of sp³-hybridized carbons (Fsp3) is 0.389. The van der Waals surface area contributed by atoms with E-state index >= 15 is 0 Å². The SMILES string of the molecule is COc1nccnc1O[C@@H]1CCN(C(=O)NCCc2ccccc2)C1. The van der Waals surface area contributed by atoms with Crippen molar-refractivity contribution in [2.24, 2.45) is 0 Å². The van der Waals surface area contributed by atoms with Gasteiger partial charge < -0.3 is 19.7 Å². The summed E-state index contributed by atoms with van der Waals surface area (Å²) in [4.78, 5) is 22.2. The third-order valence-electron chi connectivity index (χ3n) is 4.07. The van der Waals surface area contributed by atoms with Gasteiger partial charge in [-0.3, -0.25) is 0 Å². The number of carbonyl (C=O) groups excluding carboxylic acids is 1. The number of rotatable bonds is 6. The van der Waals surface area contributed by atoms with Crippen LogP contribution in [-0.2, 0) is 6.42 Å². The van der Waals surface area contributed by atoms with Crippen molar-refractivity contribution in [1.82, 2.24) is 20.2 Å². The number of aromatic nitrogens is 2. The molecule has 1 fully saturated rings. The van der Waals surface area contributed by atoms with Crippen LogP contribution in [0.15, 0.2) is 42.7 Å². The minimum atomic E-state index is -0.106. The van der Waals surface area contributed by atoms with E-state index in [0.29, 0.717) is 31.4 Å². The summed E-state index contributed by atoms with van der Waals surface area (Å²) in [6.07, 6.45) is 4.57. The van der Waals surface area contributed by atoms with Crippen molar-refractivity contribution in [3.05, 3.63) is 48.3 Å². The maximum absolute atomic E-state index is 12.3. The van der Waals surface area contributed by atoms with E-state index in [2.05, 4.69) is 27.4 Å². The van der Waals surface area contributed by atoms with Crippen LogP contribution in [0.3, 0.4) is 0 Å². The maximum atomic E-state index is 12.3. The molecular formula is C18H22N4O3. The van der Waals surface area contributed by atoms with Crippen LogP contribution in [0.25, 0.3) is 0 Å². The highest BCUT2D eigenvalue weighted by Gasteiger charge is 2.28. The van der Waals surface area contributed by atoms with E-state index < -0.39 is 0 Å². The Morgan fingerprint density at radius 2 is 2.00 bits per heavy atom. The van der Waals surface area contributed by atoms with E-state index in [9.17, 15) is 4.79 Å². The van der Waals surface area contributed by atoms with Crippen molar-refractivity contribution in [1.29, 1.82) is 0 Å². The van der Waals surface area contributed by atoms with Crippen LogP contribution in [0.1, 0.15) is 12.0 Å². The van der Waals surface area contributed by atoms with Gasteiger partial charge in [0.05, 0.1) is 13.7 Å². The maximum Gasteiger partial charge on any atom is 0.317 e. The summed E-state index contributed by atoms with van der Waals surface area (Å²) in [6, 6.07) is 10.0. The molecule has 1 atom stereocenters. The molecule has 0 saturated carbocycles. The van der Waals surface area contributed by atoms with Crippen molar-refractivity contribution in [2.45, 2.75) is 18.9 Å². The molecule has 1 N–H and O–H groups in total. The monoisotopic (exact) mass is 342 g/mol. The quantitative estimate of drug-likeness (QED) is 0.867. The third kappa shape index (κ3) is 4.59. The fourth-order valence-corrected chi connectivity index (χ4v) is 2.77. The topological polar surface area (TPSA) is 76.6 Å². The summed E-state index contributed by atoms with van der Waals surface area (Å²) in [5.41, 5.74) is 1.21. The first-order valence-electron chi connectivity index (χ1n) is 8.34. The summed E-state index contributed by atoms with van der Waals surface area (Å²) >= 11 is 0. The number of hydrogen-bond donors (Lipinski definition) is 1. The largest absolute Gasteiger partial charge is 0.477 e. The van der Waals surface area contributed by atoms with Gasteiger partial charge in [0.2, 0.25) is 0 Å². The lowest BCUT2D eigenvalue weighted by atomic mass is 10.1. The van der Waals surface area contributed by atoms with Gasteiger partial charge in [-0.1, -0.05) is 30.3 Å². The molecule has 3 rings (SSSR count). The summed E-state index contributed by atoms with van der Waals surface area (Å²) in [5, 5.41) is 2.96. The molecule has 0 spiro atoms. The number of ether oxygens (including phenoxy) is 2. The second-order valence-corrected chi connectivity index (χ2v) is 5.81. The lowest BCUT2D eigenvalue weighted by Gasteiger charge is -2.18. The molecule has 1 aromatic carbocycles. The number of amides is 2. The second kappa shape index (κ2) is 8.32. The Hall–Kier alpha value is -2.83. The molecule has 25 heavy (non-hydrogen) atoms. The predicted molar refractivity (Wildman–Crippen MR) is 92.7 cm³/mol. The number of nitrogens with one attached hydrogen (secondary N) is 1.